The molecule has 1 N–H and O–H groups in total. The lowest BCUT2D eigenvalue weighted by atomic mass is 10.1. The molecule has 0 saturated heterocycles. The summed E-state index contributed by atoms with van der Waals surface area (Å²) in [6, 6.07) is 5.76. The highest BCUT2D eigenvalue weighted by atomic mass is 35.5. The summed E-state index contributed by atoms with van der Waals surface area (Å²) in [7, 11) is 0. The van der Waals surface area contributed by atoms with Crippen molar-refractivity contribution in [3.8, 4) is 11.5 Å². The Kier molecular flexibility index (Phi) is 5.28. The Labute approximate surface area is 130 Å². The number of nitrogens with one attached hydrogen (secondary N) is 1. The highest BCUT2D eigenvalue weighted by molar-refractivity contribution is 6.30. The van der Waals surface area contributed by atoms with Crippen molar-refractivity contribution in [2.45, 2.75) is 20.8 Å². The van der Waals surface area contributed by atoms with E-state index in [1.165, 1.54) is 0 Å². The van der Waals surface area contributed by atoms with Crippen LogP contribution in [0.15, 0.2) is 46.1 Å². The van der Waals surface area contributed by atoms with Gasteiger partial charge in [-0.15, -0.1) is 0 Å². The molecule has 0 amide bonds. The minimum Gasteiger partial charge on any atom is -0.454 e. The van der Waals surface area contributed by atoms with Gasteiger partial charge in [-0.1, -0.05) is 23.8 Å². The van der Waals surface area contributed by atoms with Crippen LogP contribution in [0.4, 0.5) is 5.69 Å². The van der Waals surface area contributed by atoms with E-state index >= 15 is 0 Å². The molecular weight excluding hydrogens is 288 g/mol. The van der Waals surface area contributed by atoms with Crippen molar-refractivity contribution in [1.29, 1.82) is 0 Å². The van der Waals surface area contributed by atoms with Gasteiger partial charge in [0.05, 0.1) is 12.3 Å². The molecule has 0 fully saturated rings. The first kappa shape index (κ1) is 15.4. The third-order valence-corrected chi connectivity index (χ3v) is 3.50. The molecule has 0 unspecified atom stereocenters. The standard InChI is InChI=1S/C16H19ClN2O2/c1-4-11(3)13(19-16(17)5-2)9-18-12-6-7-14-15(8-12)21-10-20-14/h4-8,18H,9-10H2,1-3H3/b11-4-,16-5+,19-13-. The van der Waals surface area contributed by atoms with Crippen molar-refractivity contribution in [2.24, 2.45) is 4.99 Å². The normalized spacial score (nSPS) is 15.3. The van der Waals surface area contributed by atoms with Crippen molar-refractivity contribution in [3.63, 3.8) is 0 Å². The molecule has 4 nitrogen and oxygen atoms in total. The quantitative estimate of drug-likeness (QED) is 0.650. The van der Waals surface area contributed by atoms with Crippen LogP contribution in [0.2, 0.25) is 0 Å². The van der Waals surface area contributed by atoms with E-state index in [9.17, 15) is 0 Å². The Morgan fingerprint density at radius 1 is 1.29 bits per heavy atom. The maximum absolute atomic E-state index is 6.00. The van der Waals surface area contributed by atoms with Crippen LogP contribution < -0.4 is 14.8 Å². The number of allylic oxidation sites excluding steroid dienone is 2. The van der Waals surface area contributed by atoms with Gasteiger partial charge in [-0.3, -0.25) is 0 Å². The van der Waals surface area contributed by atoms with Gasteiger partial charge in [0.2, 0.25) is 6.79 Å². The second-order valence-corrected chi connectivity index (χ2v) is 4.95. The largest absolute Gasteiger partial charge is 0.454 e. The fourth-order valence-electron chi connectivity index (χ4n) is 1.82. The Hall–Kier alpha value is -1.94. The molecule has 0 bridgehead atoms. The molecule has 5 heteroatoms. The van der Waals surface area contributed by atoms with Gasteiger partial charge in [0.1, 0.15) is 5.16 Å². The fourth-order valence-corrected chi connectivity index (χ4v) is 1.92. The Bertz CT molecular complexity index is 606. The van der Waals surface area contributed by atoms with Crippen molar-refractivity contribution < 1.29 is 9.47 Å². The molecule has 0 radical (unpaired) electrons. The Morgan fingerprint density at radius 2 is 2.05 bits per heavy atom. The number of nitrogens with zero attached hydrogens (tertiary/aromatic N) is 1. The molecule has 1 aliphatic rings. The molecule has 21 heavy (non-hydrogen) atoms. The van der Waals surface area contributed by atoms with Gasteiger partial charge < -0.3 is 14.8 Å². The van der Waals surface area contributed by atoms with E-state index in [0.717, 1.165) is 28.5 Å². The van der Waals surface area contributed by atoms with Crippen LogP contribution in [-0.2, 0) is 0 Å². The maximum atomic E-state index is 6.00. The summed E-state index contributed by atoms with van der Waals surface area (Å²) in [4.78, 5) is 4.41. The summed E-state index contributed by atoms with van der Waals surface area (Å²) < 4.78 is 10.7. The average molecular weight is 307 g/mol. The predicted octanol–water partition coefficient (Wildman–Crippen LogP) is 4.33. The zero-order chi connectivity index (χ0) is 15.2. The van der Waals surface area contributed by atoms with Gasteiger partial charge in [-0.05, 0) is 38.5 Å². The highest BCUT2D eigenvalue weighted by Crippen LogP contribution is 2.34. The fraction of sp³-hybridized carbons (Fsp3) is 0.312. The zero-order valence-corrected chi connectivity index (χ0v) is 13.2. The summed E-state index contributed by atoms with van der Waals surface area (Å²) in [6.07, 6.45) is 3.78. The van der Waals surface area contributed by atoms with Crippen molar-refractivity contribution in [1.82, 2.24) is 0 Å². The minimum absolute atomic E-state index is 0.278. The number of anilines is 1. The van der Waals surface area contributed by atoms with E-state index in [-0.39, 0.29) is 6.79 Å². The van der Waals surface area contributed by atoms with E-state index in [1.54, 1.807) is 6.08 Å². The van der Waals surface area contributed by atoms with Crippen molar-refractivity contribution in [2.75, 3.05) is 18.7 Å². The summed E-state index contributed by atoms with van der Waals surface area (Å²) >= 11 is 6.00. The molecule has 0 atom stereocenters. The maximum Gasteiger partial charge on any atom is 0.231 e. The van der Waals surface area contributed by atoms with E-state index in [2.05, 4.69) is 10.3 Å². The molecule has 1 aromatic rings. The first-order valence-electron chi connectivity index (χ1n) is 6.80. The average Bonchev–Trinajstić information content (AvgIpc) is 2.97. The van der Waals surface area contributed by atoms with Crippen LogP contribution in [-0.4, -0.2) is 19.0 Å². The third-order valence-electron chi connectivity index (χ3n) is 3.20. The predicted molar refractivity (Wildman–Crippen MR) is 87.5 cm³/mol. The summed E-state index contributed by atoms with van der Waals surface area (Å²) in [5.74, 6) is 1.53. The number of hydrogen-bond donors (Lipinski definition) is 1. The first-order chi connectivity index (χ1) is 10.1. The molecule has 1 heterocycles. The van der Waals surface area contributed by atoms with Gasteiger partial charge in [-0.2, -0.15) is 0 Å². The first-order valence-corrected chi connectivity index (χ1v) is 7.18. The van der Waals surface area contributed by atoms with Crippen LogP contribution in [0.25, 0.3) is 0 Å². The lowest BCUT2D eigenvalue weighted by molar-refractivity contribution is 0.174. The molecule has 0 saturated carbocycles. The van der Waals surface area contributed by atoms with Crippen LogP contribution >= 0.6 is 11.6 Å². The summed E-state index contributed by atoms with van der Waals surface area (Å²) in [6.45, 7) is 6.72. The molecule has 0 spiro atoms. The van der Waals surface area contributed by atoms with Gasteiger partial charge in [0.15, 0.2) is 11.5 Å². The van der Waals surface area contributed by atoms with E-state index in [4.69, 9.17) is 21.1 Å². The summed E-state index contributed by atoms with van der Waals surface area (Å²) in [5, 5.41) is 3.81. The van der Waals surface area contributed by atoms with E-state index < -0.39 is 0 Å². The van der Waals surface area contributed by atoms with Gasteiger partial charge in [0, 0.05) is 11.8 Å². The number of hydrogen-bond acceptors (Lipinski definition) is 4. The Balaban J connectivity index is 2.10. The topological polar surface area (TPSA) is 42.9 Å². The number of benzene rings is 1. The van der Waals surface area contributed by atoms with E-state index in [1.807, 2.05) is 45.0 Å². The molecular formula is C16H19ClN2O2. The molecule has 0 aromatic heterocycles. The molecule has 1 aliphatic heterocycles. The highest BCUT2D eigenvalue weighted by Gasteiger charge is 2.13. The number of fused-ring (bicyclic) bond motifs is 1. The molecule has 1 aromatic carbocycles. The third kappa shape index (κ3) is 4.02. The zero-order valence-electron chi connectivity index (χ0n) is 12.4. The van der Waals surface area contributed by atoms with Crippen LogP contribution in [0.3, 0.4) is 0 Å². The van der Waals surface area contributed by atoms with E-state index in [0.29, 0.717) is 11.7 Å². The number of aliphatic imine (C=N–C) groups is 1. The number of rotatable bonds is 5. The lowest BCUT2D eigenvalue weighted by Gasteiger charge is -2.10. The monoisotopic (exact) mass is 306 g/mol. The van der Waals surface area contributed by atoms with Crippen molar-refractivity contribution in [3.05, 3.63) is 41.1 Å². The van der Waals surface area contributed by atoms with Gasteiger partial charge in [0.25, 0.3) is 0 Å². The number of halogens is 1. The van der Waals surface area contributed by atoms with Gasteiger partial charge in [-0.25, -0.2) is 4.99 Å². The second kappa shape index (κ2) is 7.18. The minimum atomic E-state index is 0.278. The smallest absolute Gasteiger partial charge is 0.231 e. The van der Waals surface area contributed by atoms with Crippen molar-refractivity contribution >= 4 is 23.0 Å². The molecule has 0 aliphatic carbocycles. The van der Waals surface area contributed by atoms with Crippen LogP contribution in [0.1, 0.15) is 20.8 Å². The summed E-state index contributed by atoms with van der Waals surface area (Å²) in [5.41, 5.74) is 2.94. The Morgan fingerprint density at radius 3 is 2.76 bits per heavy atom. The number of ether oxygens (including phenoxy) is 2. The lowest BCUT2D eigenvalue weighted by Crippen LogP contribution is -2.15. The van der Waals surface area contributed by atoms with Crippen LogP contribution in [0.5, 0.6) is 11.5 Å². The molecule has 112 valence electrons. The van der Waals surface area contributed by atoms with Gasteiger partial charge >= 0.3 is 0 Å². The van der Waals surface area contributed by atoms with Crippen LogP contribution in [0, 0.1) is 0 Å². The molecule has 2 rings (SSSR count). The SMILES string of the molecule is C/C=C(Cl)/N=C(CNc1ccc2c(c1)OCO2)\C(C)=C/C. The second-order valence-electron chi connectivity index (χ2n) is 4.56.